The summed E-state index contributed by atoms with van der Waals surface area (Å²) in [4.78, 5) is 49.3. The smallest absolute Gasteiger partial charge is 0.265 e. The van der Waals surface area contributed by atoms with E-state index in [1.807, 2.05) is 10.9 Å². The molecule has 6 N–H and O–H groups in total. The second-order valence-corrected chi connectivity index (χ2v) is 5.49. The Kier molecular flexibility index (Phi) is 5.94. The number of hydrogen-bond donors (Lipinski definition) is 4. The first kappa shape index (κ1) is 19.0. The van der Waals surface area contributed by atoms with E-state index in [1.54, 1.807) is 24.3 Å². The highest BCUT2D eigenvalue weighted by molar-refractivity contribution is 6.20. The van der Waals surface area contributed by atoms with Crippen LogP contribution in [0.3, 0.4) is 0 Å². The zero-order valence-corrected chi connectivity index (χ0v) is 14.0. The molecule has 0 unspecified atom stereocenters. The lowest BCUT2D eigenvalue weighted by atomic mass is 9.87. The van der Waals surface area contributed by atoms with E-state index in [0.29, 0.717) is 0 Å². The minimum atomic E-state index is -1.12. The van der Waals surface area contributed by atoms with Gasteiger partial charge in [-0.25, -0.2) is 11.7 Å². The number of hydrogen-bond acceptors (Lipinski definition) is 6. The van der Waals surface area contributed by atoms with E-state index in [4.69, 9.17) is 11.7 Å². The molecule has 0 aliphatic rings. The van der Waals surface area contributed by atoms with Crippen molar-refractivity contribution in [3.63, 3.8) is 0 Å². The van der Waals surface area contributed by atoms with Gasteiger partial charge in [-0.3, -0.25) is 30.0 Å². The Morgan fingerprint density at radius 3 is 1.31 bits per heavy atom. The maximum absolute atomic E-state index is 12.8. The molecule has 0 aliphatic heterocycles. The molecule has 8 nitrogen and oxygen atoms in total. The largest absolute Gasteiger partial charge is 0.293 e. The summed E-state index contributed by atoms with van der Waals surface area (Å²) < 4.78 is 0. The van der Waals surface area contributed by atoms with Crippen molar-refractivity contribution < 1.29 is 19.2 Å². The van der Waals surface area contributed by atoms with Gasteiger partial charge in [0.1, 0.15) is 0 Å². The fraction of sp³-hybridized carbons (Fsp3) is 0.111. The molecule has 26 heavy (non-hydrogen) atoms. The van der Waals surface area contributed by atoms with Gasteiger partial charge in [-0.1, -0.05) is 36.4 Å². The van der Waals surface area contributed by atoms with Gasteiger partial charge in [-0.05, 0) is 19.1 Å². The van der Waals surface area contributed by atoms with E-state index >= 15 is 0 Å². The van der Waals surface area contributed by atoms with Crippen LogP contribution in [0.1, 0.15) is 48.4 Å². The number of nitrogens with two attached hydrogens (primary N) is 2. The zero-order valence-electron chi connectivity index (χ0n) is 14.0. The zero-order chi connectivity index (χ0) is 19.3. The maximum atomic E-state index is 12.8. The average molecular weight is 354 g/mol. The van der Waals surface area contributed by atoms with Gasteiger partial charge in [0.2, 0.25) is 0 Å². The lowest BCUT2D eigenvalue weighted by molar-refractivity contribution is 0.0808. The van der Waals surface area contributed by atoms with Crippen molar-refractivity contribution in [3.8, 4) is 0 Å². The van der Waals surface area contributed by atoms with Gasteiger partial charge in [0.05, 0.1) is 17.0 Å². The molecule has 0 radical (unpaired) electrons. The van der Waals surface area contributed by atoms with E-state index in [9.17, 15) is 19.2 Å². The van der Waals surface area contributed by atoms with Gasteiger partial charge in [-0.15, -0.1) is 0 Å². The Bertz CT molecular complexity index is 807. The second-order valence-electron chi connectivity index (χ2n) is 5.49. The van der Waals surface area contributed by atoms with Crippen molar-refractivity contribution >= 4 is 23.4 Å². The standard InChI is InChI=1S/C18H18N4O4/c1-10(15(23)11-6-2-4-8-13(11)17(25)21-19)16(24)12-7-3-5-9-14(12)18(26)22-20/h2-10H,19-20H2,1H3,(H,21,25)(H,22,26). The molecule has 0 spiro atoms. The number of carbonyl (C=O) groups excluding carboxylic acids is 4. The van der Waals surface area contributed by atoms with Crippen molar-refractivity contribution in [2.24, 2.45) is 17.6 Å². The lowest BCUT2D eigenvalue weighted by Gasteiger charge is -2.14. The number of carbonyl (C=O) groups is 4. The van der Waals surface area contributed by atoms with E-state index in [-0.39, 0.29) is 22.3 Å². The highest BCUT2D eigenvalue weighted by atomic mass is 16.2. The van der Waals surface area contributed by atoms with Gasteiger partial charge in [0.15, 0.2) is 11.6 Å². The predicted octanol–water partition coefficient (Wildman–Crippen LogP) is 0.595. The van der Waals surface area contributed by atoms with E-state index < -0.39 is 29.3 Å². The topological polar surface area (TPSA) is 144 Å². The summed E-state index contributed by atoms with van der Waals surface area (Å²) in [5.41, 5.74) is 4.19. The Balaban J connectivity index is 2.40. The van der Waals surface area contributed by atoms with E-state index in [0.717, 1.165) is 0 Å². The molecule has 0 bridgehead atoms. The second kappa shape index (κ2) is 8.15. The van der Waals surface area contributed by atoms with Crippen LogP contribution < -0.4 is 22.5 Å². The molecule has 0 aromatic heterocycles. The normalized spacial score (nSPS) is 10.3. The summed E-state index contributed by atoms with van der Waals surface area (Å²) in [7, 11) is 0. The molecule has 2 rings (SSSR count). The van der Waals surface area contributed by atoms with Crippen LogP contribution in [0.5, 0.6) is 0 Å². The van der Waals surface area contributed by atoms with Crippen molar-refractivity contribution in [2.75, 3.05) is 0 Å². The Morgan fingerprint density at radius 2 is 1.00 bits per heavy atom. The first-order valence-corrected chi connectivity index (χ1v) is 7.70. The van der Waals surface area contributed by atoms with Crippen LogP contribution in [0, 0.1) is 5.92 Å². The van der Waals surface area contributed by atoms with Gasteiger partial charge < -0.3 is 0 Å². The molecule has 2 amide bonds. The quantitative estimate of drug-likeness (QED) is 0.196. The van der Waals surface area contributed by atoms with Crippen molar-refractivity contribution in [3.05, 3.63) is 70.8 Å². The highest BCUT2D eigenvalue weighted by Crippen LogP contribution is 2.20. The first-order valence-electron chi connectivity index (χ1n) is 7.70. The maximum Gasteiger partial charge on any atom is 0.265 e. The van der Waals surface area contributed by atoms with Crippen LogP contribution >= 0.6 is 0 Å². The van der Waals surface area contributed by atoms with Crippen molar-refractivity contribution in [2.45, 2.75) is 6.92 Å². The molecule has 8 heteroatoms. The molecule has 0 atom stereocenters. The monoisotopic (exact) mass is 354 g/mol. The number of nitrogen functional groups attached to an aromatic ring is 2. The fourth-order valence-electron chi connectivity index (χ4n) is 2.53. The molecular weight excluding hydrogens is 336 g/mol. The number of Topliss-reactive ketones (excluding diaryl/α,β-unsaturated/α-hetero) is 2. The third kappa shape index (κ3) is 3.66. The lowest BCUT2D eigenvalue weighted by Crippen LogP contribution is -2.33. The van der Waals surface area contributed by atoms with Gasteiger partial charge in [-0.2, -0.15) is 0 Å². The third-order valence-corrected chi connectivity index (χ3v) is 3.92. The highest BCUT2D eigenvalue weighted by Gasteiger charge is 2.29. The van der Waals surface area contributed by atoms with Crippen LogP contribution in [0.2, 0.25) is 0 Å². The van der Waals surface area contributed by atoms with Crippen LogP contribution in [-0.4, -0.2) is 23.4 Å². The summed E-state index contributed by atoms with van der Waals surface area (Å²) in [6, 6.07) is 12.1. The van der Waals surface area contributed by atoms with Crippen molar-refractivity contribution in [1.29, 1.82) is 0 Å². The van der Waals surface area contributed by atoms with Gasteiger partial charge in [0, 0.05) is 11.1 Å². The van der Waals surface area contributed by atoms with Gasteiger partial charge in [0.25, 0.3) is 11.8 Å². The minimum absolute atomic E-state index is 0.0626. The summed E-state index contributed by atoms with van der Waals surface area (Å²) in [5.74, 6) is 6.75. The average Bonchev–Trinajstić information content (AvgIpc) is 2.70. The molecule has 0 aliphatic carbocycles. The molecule has 0 fully saturated rings. The molecule has 134 valence electrons. The summed E-state index contributed by atoms with van der Waals surface area (Å²) in [6.07, 6.45) is 0. The number of nitrogens with one attached hydrogen (secondary N) is 2. The van der Waals surface area contributed by atoms with E-state index in [2.05, 4.69) is 0 Å². The first-order chi connectivity index (χ1) is 12.4. The molecule has 0 heterocycles. The number of hydrazine groups is 2. The fourth-order valence-corrected chi connectivity index (χ4v) is 2.53. The molecule has 2 aromatic rings. The summed E-state index contributed by atoms with van der Waals surface area (Å²) >= 11 is 0. The number of amides is 2. The van der Waals surface area contributed by atoms with Crippen LogP contribution in [0.4, 0.5) is 0 Å². The van der Waals surface area contributed by atoms with Crippen LogP contribution in [0.25, 0.3) is 0 Å². The molecule has 2 aromatic carbocycles. The number of ketones is 2. The number of benzene rings is 2. The summed E-state index contributed by atoms with van der Waals surface area (Å²) in [6.45, 7) is 1.42. The molecule has 0 saturated carbocycles. The van der Waals surface area contributed by atoms with Crippen molar-refractivity contribution in [1.82, 2.24) is 10.9 Å². The SMILES string of the molecule is CC(C(=O)c1ccccc1C(=O)NN)C(=O)c1ccccc1C(=O)NN. The molecular formula is C18H18N4O4. The Hall–Kier alpha value is -3.36. The van der Waals surface area contributed by atoms with E-state index in [1.165, 1.54) is 31.2 Å². The Labute approximate surface area is 149 Å². The predicted molar refractivity (Wildman–Crippen MR) is 94.0 cm³/mol. The number of rotatable bonds is 6. The van der Waals surface area contributed by atoms with Gasteiger partial charge >= 0.3 is 0 Å². The summed E-state index contributed by atoms with van der Waals surface area (Å²) in [5, 5.41) is 0. The Morgan fingerprint density at radius 1 is 0.692 bits per heavy atom. The van der Waals surface area contributed by atoms with Crippen LogP contribution in [-0.2, 0) is 0 Å². The third-order valence-electron chi connectivity index (χ3n) is 3.92. The molecule has 0 saturated heterocycles. The van der Waals surface area contributed by atoms with Crippen LogP contribution in [0.15, 0.2) is 48.5 Å². The minimum Gasteiger partial charge on any atom is -0.293 e.